The number of unbranched alkanes of at least 4 members (excludes halogenated alkanes) is 1. The molecular weight excluding hydrogens is 300 g/mol. The number of nitrogens with two attached hydrogens (primary N) is 3. The normalized spacial score (nSPS) is 11.5. The quantitative estimate of drug-likeness (QED) is 0.412. The van der Waals surface area contributed by atoms with Gasteiger partial charge in [-0.1, -0.05) is 43.7 Å². The maximum atomic E-state index is 9.93. The van der Waals surface area contributed by atoms with Crippen molar-refractivity contribution in [1.82, 2.24) is 4.90 Å². The Bertz CT molecular complexity index is 628. The Morgan fingerprint density at radius 3 is 2.46 bits per heavy atom. The zero-order chi connectivity index (χ0) is 17.9. The van der Waals surface area contributed by atoms with Crippen LogP contribution in [-0.4, -0.2) is 23.1 Å². The molecule has 0 saturated carbocycles. The minimum Gasteiger partial charge on any atom is -0.507 e. The van der Waals surface area contributed by atoms with Gasteiger partial charge in [0.2, 0.25) is 0 Å². The second kappa shape index (κ2) is 10.0. The lowest BCUT2D eigenvalue weighted by Gasteiger charge is -2.24. The monoisotopic (exact) mass is 328 g/mol. The van der Waals surface area contributed by atoms with E-state index in [2.05, 4.69) is 25.7 Å². The Hall–Kier alpha value is -2.82. The van der Waals surface area contributed by atoms with Crippen LogP contribution in [0.25, 0.3) is 5.70 Å². The molecule has 0 aliphatic carbocycles. The average Bonchev–Trinajstić information content (AvgIpc) is 2.55. The molecule has 0 aliphatic heterocycles. The van der Waals surface area contributed by atoms with Gasteiger partial charge in [0, 0.05) is 24.4 Å². The summed E-state index contributed by atoms with van der Waals surface area (Å²) in [6.45, 7) is 7.13. The lowest BCUT2D eigenvalue weighted by molar-refractivity contribution is 0.429. The fourth-order valence-electron chi connectivity index (χ4n) is 2.21. The Morgan fingerprint density at radius 1 is 1.17 bits per heavy atom. The highest BCUT2D eigenvalue weighted by Crippen LogP contribution is 2.23. The molecule has 1 aromatic carbocycles. The number of aromatic hydroxyl groups is 1. The summed E-state index contributed by atoms with van der Waals surface area (Å²) in [4.78, 5) is 1.97. The van der Waals surface area contributed by atoms with E-state index in [-0.39, 0.29) is 11.6 Å². The van der Waals surface area contributed by atoms with Crippen molar-refractivity contribution >= 4 is 5.70 Å². The van der Waals surface area contributed by atoms with Gasteiger partial charge in [-0.15, -0.1) is 6.58 Å². The molecule has 0 bridgehead atoms. The molecule has 0 aliphatic rings. The number of hydrogen-bond donors (Lipinski definition) is 4. The molecule has 0 heterocycles. The molecule has 0 aromatic heterocycles. The number of rotatable bonds is 9. The second-order valence-corrected chi connectivity index (χ2v) is 5.41. The highest BCUT2D eigenvalue weighted by molar-refractivity contribution is 5.69. The molecular formula is C19H28N4O. The van der Waals surface area contributed by atoms with Crippen LogP contribution in [0, 0.1) is 0 Å². The molecule has 0 fully saturated rings. The third kappa shape index (κ3) is 5.76. The Balaban J connectivity index is 3.11. The molecule has 0 unspecified atom stereocenters. The van der Waals surface area contributed by atoms with E-state index >= 15 is 0 Å². The van der Waals surface area contributed by atoms with Gasteiger partial charge in [0.25, 0.3) is 0 Å². The van der Waals surface area contributed by atoms with Crippen molar-refractivity contribution < 1.29 is 5.11 Å². The molecule has 0 atom stereocenters. The van der Waals surface area contributed by atoms with Gasteiger partial charge in [0.1, 0.15) is 11.6 Å². The molecule has 130 valence electrons. The van der Waals surface area contributed by atoms with Crippen LogP contribution in [-0.2, 0) is 0 Å². The summed E-state index contributed by atoms with van der Waals surface area (Å²) in [6, 6.07) is 6.87. The van der Waals surface area contributed by atoms with Crippen molar-refractivity contribution in [3.05, 3.63) is 72.2 Å². The lowest BCUT2D eigenvalue weighted by atomic mass is 10.1. The molecule has 1 rings (SSSR count). The summed E-state index contributed by atoms with van der Waals surface area (Å²) in [5.74, 6) is 0.276. The standard InChI is InChI=1S/C19H28N4O/c1-3-5-6-9-13-23(12-4-2)17(19(21)22)14-16(20)15-10-7-8-11-18(15)24/h4,6-11,14,24H,2-3,5,12-13,20-22H2,1H3/b9-6-,16-14-. The zero-order valence-corrected chi connectivity index (χ0v) is 14.3. The largest absolute Gasteiger partial charge is 0.507 e. The Labute approximate surface area is 144 Å². The van der Waals surface area contributed by atoms with E-state index < -0.39 is 0 Å². The van der Waals surface area contributed by atoms with Gasteiger partial charge in [-0.05, 0) is 24.6 Å². The fourth-order valence-corrected chi connectivity index (χ4v) is 2.21. The number of allylic oxidation sites excluding steroid dienone is 2. The van der Waals surface area contributed by atoms with E-state index in [0.717, 1.165) is 12.8 Å². The van der Waals surface area contributed by atoms with E-state index in [0.29, 0.717) is 30.0 Å². The minimum absolute atomic E-state index is 0.110. The van der Waals surface area contributed by atoms with Gasteiger partial charge in [-0.3, -0.25) is 0 Å². The fraction of sp³-hybridized carbons (Fsp3) is 0.263. The molecule has 7 N–H and O–H groups in total. The first-order valence-electron chi connectivity index (χ1n) is 8.02. The number of benzene rings is 1. The second-order valence-electron chi connectivity index (χ2n) is 5.41. The summed E-state index contributed by atoms with van der Waals surface area (Å²) in [5, 5.41) is 9.93. The van der Waals surface area contributed by atoms with Crippen LogP contribution in [0.4, 0.5) is 0 Å². The van der Waals surface area contributed by atoms with Crippen molar-refractivity contribution in [2.45, 2.75) is 19.8 Å². The Kier molecular flexibility index (Phi) is 8.05. The van der Waals surface area contributed by atoms with Crippen LogP contribution < -0.4 is 17.2 Å². The summed E-state index contributed by atoms with van der Waals surface area (Å²) < 4.78 is 0. The topological polar surface area (TPSA) is 102 Å². The molecule has 5 nitrogen and oxygen atoms in total. The summed E-state index contributed by atoms with van der Waals surface area (Å²) in [7, 11) is 0. The molecule has 0 amide bonds. The molecule has 0 spiro atoms. The van der Waals surface area contributed by atoms with Crippen molar-refractivity contribution in [3.63, 3.8) is 0 Å². The summed E-state index contributed by atoms with van der Waals surface area (Å²) >= 11 is 0. The van der Waals surface area contributed by atoms with E-state index in [1.807, 2.05) is 4.90 Å². The zero-order valence-electron chi connectivity index (χ0n) is 14.3. The SMILES string of the molecule is C=CCN(C/C=C\CCC)C(/C=C(\N)c1ccccc1O)=C(N)N. The van der Waals surface area contributed by atoms with Crippen molar-refractivity contribution in [3.8, 4) is 5.75 Å². The highest BCUT2D eigenvalue weighted by atomic mass is 16.3. The van der Waals surface area contributed by atoms with Gasteiger partial charge >= 0.3 is 0 Å². The first-order valence-corrected chi connectivity index (χ1v) is 8.02. The van der Waals surface area contributed by atoms with E-state index in [1.165, 1.54) is 0 Å². The first kappa shape index (κ1) is 19.2. The summed E-state index contributed by atoms with van der Waals surface area (Å²) in [6.07, 6.45) is 9.77. The first-order chi connectivity index (χ1) is 11.5. The van der Waals surface area contributed by atoms with Crippen LogP contribution in [0.1, 0.15) is 25.3 Å². The Morgan fingerprint density at radius 2 is 1.88 bits per heavy atom. The van der Waals surface area contributed by atoms with Crippen LogP contribution >= 0.6 is 0 Å². The molecule has 1 aromatic rings. The lowest BCUT2D eigenvalue weighted by Crippen LogP contribution is -2.28. The molecule has 24 heavy (non-hydrogen) atoms. The van der Waals surface area contributed by atoms with Crippen LogP contribution in [0.5, 0.6) is 5.75 Å². The van der Waals surface area contributed by atoms with Gasteiger partial charge in [-0.25, -0.2) is 0 Å². The number of para-hydroxylation sites is 1. The van der Waals surface area contributed by atoms with E-state index in [4.69, 9.17) is 17.2 Å². The predicted octanol–water partition coefficient (Wildman–Crippen LogP) is 2.62. The van der Waals surface area contributed by atoms with Gasteiger partial charge < -0.3 is 27.2 Å². The third-order valence-corrected chi connectivity index (χ3v) is 3.44. The predicted molar refractivity (Wildman–Crippen MR) is 101 cm³/mol. The van der Waals surface area contributed by atoms with Gasteiger partial charge in [0.05, 0.1) is 5.70 Å². The maximum Gasteiger partial charge on any atom is 0.124 e. The highest BCUT2D eigenvalue weighted by Gasteiger charge is 2.11. The maximum absolute atomic E-state index is 9.93. The summed E-state index contributed by atoms with van der Waals surface area (Å²) in [5.41, 5.74) is 19.4. The molecule has 0 radical (unpaired) electrons. The molecule has 5 heteroatoms. The number of nitrogens with zero attached hydrogens (tertiary/aromatic N) is 1. The van der Waals surface area contributed by atoms with Gasteiger partial charge in [-0.2, -0.15) is 0 Å². The minimum atomic E-state index is 0.110. The van der Waals surface area contributed by atoms with E-state index in [1.54, 1.807) is 36.4 Å². The smallest absolute Gasteiger partial charge is 0.124 e. The van der Waals surface area contributed by atoms with Crippen molar-refractivity contribution in [1.29, 1.82) is 0 Å². The number of hydrogen-bond acceptors (Lipinski definition) is 5. The number of phenols is 1. The molecule has 0 saturated heterocycles. The van der Waals surface area contributed by atoms with Crippen molar-refractivity contribution in [2.24, 2.45) is 17.2 Å². The number of phenolic OH excluding ortho intramolecular Hbond substituents is 1. The van der Waals surface area contributed by atoms with Crippen LogP contribution in [0.15, 0.2) is 66.7 Å². The van der Waals surface area contributed by atoms with Crippen LogP contribution in [0.2, 0.25) is 0 Å². The van der Waals surface area contributed by atoms with E-state index in [9.17, 15) is 5.11 Å². The average molecular weight is 328 g/mol. The van der Waals surface area contributed by atoms with Gasteiger partial charge in [0.15, 0.2) is 0 Å². The third-order valence-electron chi connectivity index (χ3n) is 3.44. The van der Waals surface area contributed by atoms with Crippen molar-refractivity contribution in [2.75, 3.05) is 13.1 Å². The van der Waals surface area contributed by atoms with Crippen LogP contribution in [0.3, 0.4) is 0 Å².